The lowest BCUT2D eigenvalue weighted by molar-refractivity contribution is -0.170. The Hall–Kier alpha value is -2.28. The molecule has 0 aliphatic heterocycles. The van der Waals surface area contributed by atoms with Gasteiger partial charge in [-0.3, -0.25) is 0 Å². The van der Waals surface area contributed by atoms with Crippen LogP contribution in [0.1, 0.15) is 12.8 Å². The monoisotopic (exact) mass is 354 g/mol. The highest BCUT2D eigenvalue weighted by Gasteiger charge is 2.32. The van der Waals surface area contributed by atoms with E-state index in [1.807, 2.05) is 0 Å². The molecule has 0 bridgehead atoms. The van der Waals surface area contributed by atoms with Gasteiger partial charge in [0.25, 0.3) is 0 Å². The third kappa shape index (κ3) is 7.32. The van der Waals surface area contributed by atoms with Crippen LogP contribution in [0.25, 0.3) is 0 Å². The minimum Gasteiger partial charge on any atom is -0.479 e. The highest BCUT2D eigenvalue weighted by molar-refractivity contribution is 5.84. The minimum atomic E-state index is -2.32. The molecule has 0 saturated heterocycles. The number of carbonyl (C=O) groups is 4. The number of aliphatic hydroxyl groups excluding tert-OH is 4. The van der Waals surface area contributed by atoms with Crippen LogP contribution in [-0.4, -0.2) is 92.1 Å². The summed E-state index contributed by atoms with van der Waals surface area (Å²) in [7, 11) is 0. The molecular weight excluding hydrogens is 336 g/mol. The number of ether oxygens (including phenoxy) is 2. The topological polar surface area (TPSA) is 208 Å². The second-order valence-corrected chi connectivity index (χ2v) is 4.50. The summed E-state index contributed by atoms with van der Waals surface area (Å²) in [4.78, 5) is 43.0. The average Bonchev–Trinajstić information content (AvgIpc) is 2.54. The highest BCUT2D eigenvalue weighted by atomic mass is 16.6. The van der Waals surface area contributed by atoms with Gasteiger partial charge in [-0.2, -0.15) is 0 Å². The van der Waals surface area contributed by atoms with Gasteiger partial charge in [-0.05, 0) is 12.8 Å². The van der Waals surface area contributed by atoms with Crippen molar-refractivity contribution in [1.29, 1.82) is 0 Å². The number of hydrogen-bond donors (Lipinski definition) is 6. The molecule has 0 aliphatic carbocycles. The Morgan fingerprint density at radius 2 is 0.917 bits per heavy atom. The van der Waals surface area contributed by atoms with Crippen molar-refractivity contribution in [1.82, 2.24) is 0 Å². The van der Waals surface area contributed by atoms with Gasteiger partial charge in [0.2, 0.25) is 0 Å². The Morgan fingerprint density at radius 3 is 1.17 bits per heavy atom. The van der Waals surface area contributed by atoms with E-state index in [2.05, 4.69) is 9.47 Å². The van der Waals surface area contributed by atoms with Crippen LogP contribution in [0.4, 0.5) is 0 Å². The van der Waals surface area contributed by atoms with Gasteiger partial charge >= 0.3 is 23.9 Å². The van der Waals surface area contributed by atoms with E-state index in [1.165, 1.54) is 0 Å². The molecule has 12 nitrogen and oxygen atoms in total. The van der Waals surface area contributed by atoms with Gasteiger partial charge in [-0.15, -0.1) is 0 Å². The average molecular weight is 354 g/mol. The van der Waals surface area contributed by atoms with Crippen molar-refractivity contribution < 1.29 is 59.3 Å². The maximum atomic E-state index is 11.2. The van der Waals surface area contributed by atoms with E-state index in [4.69, 9.17) is 30.6 Å². The molecule has 0 rings (SSSR count). The number of esters is 2. The number of aliphatic carboxylic acids is 2. The van der Waals surface area contributed by atoms with Gasteiger partial charge in [0.15, 0.2) is 24.4 Å². The molecule has 0 aromatic carbocycles. The normalized spacial score (nSPS) is 15.7. The molecule has 4 atom stereocenters. The summed E-state index contributed by atoms with van der Waals surface area (Å²) in [5, 5.41) is 52.8. The SMILES string of the molecule is O=C(O)C(O)C(O)C(=O)OCCCCOC(=O)C(O)C(O)C(=O)O. The van der Waals surface area contributed by atoms with Crippen molar-refractivity contribution in [2.24, 2.45) is 0 Å². The quantitative estimate of drug-likeness (QED) is 0.157. The molecule has 0 amide bonds. The van der Waals surface area contributed by atoms with Crippen molar-refractivity contribution in [3.63, 3.8) is 0 Å². The Bertz CT molecular complexity index is 419. The maximum absolute atomic E-state index is 11.2. The standard InChI is InChI=1S/C12H18O12/c13-5(9(17)18)7(15)11(21)23-3-1-2-4-24-12(22)8(16)6(14)10(19)20/h5-8,13-16H,1-4H2,(H,17,18)(H,19,20). The second-order valence-electron chi connectivity index (χ2n) is 4.50. The smallest absolute Gasteiger partial charge is 0.338 e. The molecule has 0 spiro atoms. The summed E-state index contributed by atoms with van der Waals surface area (Å²) in [6, 6.07) is 0. The number of rotatable bonds is 11. The van der Waals surface area contributed by atoms with Crippen LogP contribution in [0.2, 0.25) is 0 Å². The van der Waals surface area contributed by atoms with Gasteiger partial charge < -0.3 is 40.1 Å². The molecule has 12 heteroatoms. The summed E-state index contributed by atoms with van der Waals surface area (Å²) in [6.45, 7) is -0.555. The first-order valence-corrected chi connectivity index (χ1v) is 6.60. The van der Waals surface area contributed by atoms with Gasteiger partial charge in [0.05, 0.1) is 13.2 Å². The van der Waals surface area contributed by atoms with Crippen LogP contribution in [0, 0.1) is 0 Å². The molecule has 0 heterocycles. The van der Waals surface area contributed by atoms with Crippen LogP contribution in [0.15, 0.2) is 0 Å². The van der Waals surface area contributed by atoms with Crippen LogP contribution >= 0.6 is 0 Å². The molecule has 138 valence electrons. The van der Waals surface area contributed by atoms with Crippen LogP contribution < -0.4 is 0 Å². The first-order valence-electron chi connectivity index (χ1n) is 6.60. The fourth-order valence-corrected chi connectivity index (χ4v) is 1.25. The summed E-state index contributed by atoms with van der Waals surface area (Å²) >= 11 is 0. The van der Waals surface area contributed by atoms with E-state index < -0.39 is 48.3 Å². The molecule has 0 aromatic heterocycles. The molecule has 0 radical (unpaired) electrons. The fourth-order valence-electron chi connectivity index (χ4n) is 1.25. The Balaban J connectivity index is 3.92. The van der Waals surface area contributed by atoms with E-state index in [0.29, 0.717) is 0 Å². The van der Waals surface area contributed by atoms with Crippen molar-refractivity contribution in [3.8, 4) is 0 Å². The Morgan fingerprint density at radius 1 is 0.625 bits per heavy atom. The van der Waals surface area contributed by atoms with Crippen LogP contribution in [0.3, 0.4) is 0 Å². The number of carbonyl (C=O) groups excluding carboxylic acids is 2. The van der Waals surface area contributed by atoms with Crippen molar-refractivity contribution in [3.05, 3.63) is 0 Å². The Kier molecular flexibility index (Phi) is 9.49. The van der Waals surface area contributed by atoms with Crippen LogP contribution in [-0.2, 0) is 28.7 Å². The molecule has 0 aromatic rings. The zero-order chi connectivity index (χ0) is 18.9. The highest BCUT2D eigenvalue weighted by Crippen LogP contribution is 2.01. The van der Waals surface area contributed by atoms with Crippen LogP contribution in [0.5, 0.6) is 0 Å². The third-order valence-corrected chi connectivity index (χ3v) is 2.61. The van der Waals surface area contributed by atoms with Gasteiger partial charge in [0, 0.05) is 0 Å². The molecular formula is C12H18O12. The number of carboxylic acid groups (broad SMARTS) is 2. The third-order valence-electron chi connectivity index (χ3n) is 2.61. The number of carboxylic acids is 2. The van der Waals surface area contributed by atoms with Crippen molar-refractivity contribution in [2.45, 2.75) is 37.3 Å². The molecule has 4 unspecified atom stereocenters. The lowest BCUT2D eigenvalue weighted by Crippen LogP contribution is -2.41. The van der Waals surface area contributed by atoms with Gasteiger partial charge in [-0.1, -0.05) is 0 Å². The van der Waals surface area contributed by atoms with E-state index in [-0.39, 0.29) is 26.1 Å². The van der Waals surface area contributed by atoms with E-state index >= 15 is 0 Å². The molecule has 0 fully saturated rings. The first kappa shape index (κ1) is 21.7. The first-order chi connectivity index (χ1) is 11.1. The predicted molar refractivity (Wildman–Crippen MR) is 70.5 cm³/mol. The minimum absolute atomic E-state index is 0.118. The zero-order valence-electron chi connectivity index (χ0n) is 12.3. The van der Waals surface area contributed by atoms with Gasteiger partial charge in [0.1, 0.15) is 0 Å². The molecule has 24 heavy (non-hydrogen) atoms. The number of unbranched alkanes of at least 4 members (excludes halogenated alkanes) is 1. The lowest BCUT2D eigenvalue weighted by Gasteiger charge is -2.14. The van der Waals surface area contributed by atoms with E-state index in [0.717, 1.165) is 0 Å². The van der Waals surface area contributed by atoms with E-state index in [9.17, 15) is 19.2 Å². The molecule has 0 aliphatic rings. The lowest BCUT2D eigenvalue weighted by atomic mass is 10.2. The zero-order valence-corrected chi connectivity index (χ0v) is 12.3. The van der Waals surface area contributed by atoms with E-state index in [1.54, 1.807) is 0 Å². The van der Waals surface area contributed by atoms with Crippen molar-refractivity contribution in [2.75, 3.05) is 13.2 Å². The number of hydrogen-bond acceptors (Lipinski definition) is 10. The summed E-state index contributed by atoms with van der Waals surface area (Å²) in [6.07, 6.45) is -8.89. The van der Waals surface area contributed by atoms with Gasteiger partial charge in [-0.25, -0.2) is 19.2 Å². The largest absolute Gasteiger partial charge is 0.479 e. The fraction of sp³-hybridized carbons (Fsp3) is 0.667. The maximum Gasteiger partial charge on any atom is 0.338 e. The Labute approximate surface area is 134 Å². The summed E-state index contributed by atoms with van der Waals surface area (Å²) < 4.78 is 8.96. The molecule has 6 N–H and O–H groups in total. The van der Waals surface area contributed by atoms with Crippen molar-refractivity contribution >= 4 is 23.9 Å². The molecule has 0 saturated carbocycles. The predicted octanol–water partition coefficient (Wildman–Crippen LogP) is -3.53. The second kappa shape index (κ2) is 10.5. The summed E-state index contributed by atoms with van der Waals surface area (Å²) in [5.41, 5.74) is 0. The summed E-state index contributed by atoms with van der Waals surface area (Å²) in [5.74, 6) is -6.29. The number of aliphatic hydroxyl groups is 4.